The van der Waals surface area contributed by atoms with Crippen LogP contribution in [0, 0.1) is 0 Å². The van der Waals surface area contributed by atoms with Crippen molar-refractivity contribution in [3.05, 3.63) is 84.1 Å². The van der Waals surface area contributed by atoms with Crippen molar-refractivity contribution in [2.24, 2.45) is 5.10 Å². The average Bonchev–Trinajstić information content (AvgIpc) is 2.66. The van der Waals surface area contributed by atoms with Gasteiger partial charge in [0.15, 0.2) is 0 Å². The maximum absolute atomic E-state index is 12.5. The monoisotopic (exact) mass is 355 g/mol. The fraction of sp³-hybridized carbons (Fsp3) is 0.100. The van der Waals surface area contributed by atoms with Gasteiger partial charge in [0.05, 0.1) is 11.3 Å². The summed E-state index contributed by atoms with van der Waals surface area (Å²) in [4.78, 5) is 3.73. The quantitative estimate of drug-likeness (QED) is 0.488. The molecule has 0 saturated heterocycles. The molecule has 0 bridgehead atoms. The van der Waals surface area contributed by atoms with Gasteiger partial charge >= 0.3 is 6.18 Å². The second-order valence-electron chi connectivity index (χ2n) is 5.68. The Morgan fingerprint density at radius 3 is 2.12 bits per heavy atom. The fourth-order valence-electron chi connectivity index (χ4n) is 2.37. The smallest absolute Gasteiger partial charge is 0.261 e. The number of hydrogen-bond acceptors (Lipinski definition) is 3. The molecular weight excluding hydrogens is 339 g/mol. The standard InChI is InChI=1S/C20H16F3N3/c1-14(25-26-19-12-11-18(13-24-19)20(21,22)23)15-7-9-17(10-8-15)16-5-3-2-4-6-16/h2-13H,1H3,(H,24,26)/b25-14-. The van der Waals surface area contributed by atoms with Crippen LogP contribution >= 0.6 is 0 Å². The van der Waals surface area contributed by atoms with Crippen LogP contribution in [-0.4, -0.2) is 10.7 Å². The molecule has 3 nitrogen and oxygen atoms in total. The predicted octanol–water partition coefficient (Wildman–Crippen LogP) is 5.60. The summed E-state index contributed by atoms with van der Waals surface area (Å²) in [7, 11) is 0. The molecule has 3 rings (SSSR count). The first-order valence-corrected chi connectivity index (χ1v) is 7.93. The molecule has 0 aliphatic carbocycles. The second kappa shape index (κ2) is 7.39. The third-order valence-corrected chi connectivity index (χ3v) is 3.84. The first kappa shape index (κ1) is 17.7. The van der Waals surface area contributed by atoms with Gasteiger partial charge in [0.1, 0.15) is 5.82 Å². The molecule has 3 aromatic rings. The Kier molecular flexibility index (Phi) is 5.02. The van der Waals surface area contributed by atoms with Gasteiger partial charge < -0.3 is 0 Å². The number of hydrazone groups is 1. The number of benzene rings is 2. The first-order chi connectivity index (χ1) is 12.4. The van der Waals surface area contributed by atoms with Crippen LogP contribution in [0.4, 0.5) is 19.0 Å². The summed E-state index contributed by atoms with van der Waals surface area (Å²) in [5, 5.41) is 4.18. The average molecular weight is 355 g/mol. The SMILES string of the molecule is C/C(=N/Nc1ccc(C(F)(F)F)cn1)c1ccc(-c2ccccc2)cc1. The molecule has 1 N–H and O–H groups in total. The van der Waals surface area contributed by atoms with Gasteiger partial charge in [0.2, 0.25) is 0 Å². The molecule has 0 atom stereocenters. The van der Waals surface area contributed by atoms with E-state index < -0.39 is 11.7 Å². The van der Waals surface area contributed by atoms with Crippen molar-refractivity contribution in [2.45, 2.75) is 13.1 Å². The Morgan fingerprint density at radius 1 is 0.885 bits per heavy atom. The molecule has 132 valence electrons. The summed E-state index contributed by atoms with van der Waals surface area (Å²) in [6.45, 7) is 1.81. The second-order valence-corrected chi connectivity index (χ2v) is 5.68. The number of anilines is 1. The topological polar surface area (TPSA) is 37.3 Å². The highest BCUT2D eigenvalue weighted by atomic mass is 19.4. The van der Waals surface area contributed by atoms with Crippen LogP contribution < -0.4 is 5.43 Å². The molecule has 0 spiro atoms. The van der Waals surface area contributed by atoms with Crippen molar-refractivity contribution < 1.29 is 13.2 Å². The normalized spacial score (nSPS) is 12.1. The molecule has 0 radical (unpaired) electrons. The lowest BCUT2D eigenvalue weighted by Crippen LogP contribution is -2.06. The Labute approximate surface area is 149 Å². The number of alkyl halides is 3. The van der Waals surface area contributed by atoms with Gasteiger partial charge in [-0.15, -0.1) is 0 Å². The molecule has 0 saturated carbocycles. The highest BCUT2D eigenvalue weighted by molar-refractivity contribution is 5.99. The molecule has 0 aliphatic heterocycles. The van der Waals surface area contributed by atoms with E-state index in [0.29, 0.717) is 5.71 Å². The van der Waals surface area contributed by atoms with E-state index in [4.69, 9.17) is 0 Å². The molecule has 2 aromatic carbocycles. The van der Waals surface area contributed by atoms with E-state index in [2.05, 4.69) is 15.5 Å². The molecule has 1 heterocycles. The van der Waals surface area contributed by atoms with Gasteiger partial charge in [-0.05, 0) is 35.7 Å². The van der Waals surface area contributed by atoms with E-state index in [9.17, 15) is 13.2 Å². The third kappa shape index (κ3) is 4.27. The molecule has 1 aromatic heterocycles. The summed E-state index contributed by atoms with van der Waals surface area (Å²) in [5.41, 5.74) is 5.72. The van der Waals surface area contributed by atoms with Gasteiger partial charge in [-0.25, -0.2) is 4.98 Å². The summed E-state index contributed by atoms with van der Waals surface area (Å²) in [6, 6.07) is 20.1. The Bertz CT molecular complexity index is 884. The van der Waals surface area contributed by atoms with Gasteiger partial charge in [0.25, 0.3) is 0 Å². The van der Waals surface area contributed by atoms with Gasteiger partial charge in [0, 0.05) is 6.20 Å². The number of hydrogen-bond donors (Lipinski definition) is 1. The van der Waals surface area contributed by atoms with Crippen LogP contribution in [0.25, 0.3) is 11.1 Å². The van der Waals surface area contributed by atoms with E-state index in [1.54, 1.807) is 0 Å². The lowest BCUT2D eigenvalue weighted by Gasteiger charge is -2.07. The molecular formula is C20H16F3N3. The summed E-state index contributed by atoms with van der Waals surface area (Å²) in [6.07, 6.45) is -3.62. The Hall–Kier alpha value is -3.15. The van der Waals surface area contributed by atoms with E-state index in [1.165, 1.54) is 6.07 Å². The largest absolute Gasteiger partial charge is 0.417 e. The van der Waals surface area contributed by atoms with E-state index in [-0.39, 0.29) is 5.82 Å². The van der Waals surface area contributed by atoms with Crippen LogP contribution in [-0.2, 0) is 6.18 Å². The highest BCUT2D eigenvalue weighted by Gasteiger charge is 2.30. The number of nitrogens with zero attached hydrogens (tertiary/aromatic N) is 2. The lowest BCUT2D eigenvalue weighted by atomic mass is 10.0. The maximum atomic E-state index is 12.5. The molecule has 6 heteroatoms. The Balaban J connectivity index is 1.70. The van der Waals surface area contributed by atoms with Crippen LogP contribution in [0.1, 0.15) is 18.1 Å². The number of rotatable bonds is 4. The molecule has 0 aliphatic rings. The van der Waals surface area contributed by atoms with Crippen molar-refractivity contribution in [1.29, 1.82) is 0 Å². The first-order valence-electron chi connectivity index (χ1n) is 7.93. The number of halogens is 3. The molecule has 0 fully saturated rings. The van der Waals surface area contributed by atoms with E-state index in [1.807, 2.05) is 61.5 Å². The number of nitrogens with one attached hydrogen (secondary N) is 1. The molecule has 0 unspecified atom stereocenters. The summed E-state index contributed by atoms with van der Waals surface area (Å²) < 4.78 is 37.6. The van der Waals surface area contributed by atoms with Crippen molar-refractivity contribution >= 4 is 11.5 Å². The highest BCUT2D eigenvalue weighted by Crippen LogP contribution is 2.28. The van der Waals surface area contributed by atoms with Crippen LogP contribution in [0.2, 0.25) is 0 Å². The number of aromatic nitrogens is 1. The van der Waals surface area contributed by atoms with Gasteiger partial charge in [-0.3, -0.25) is 5.43 Å². The third-order valence-electron chi connectivity index (χ3n) is 3.84. The summed E-state index contributed by atoms with van der Waals surface area (Å²) >= 11 is 0. The number of pyridine rings is 1. The zero-order valence-corrected chi connectivity index (χ0v) is 14.0. The summed E-state index contributed by atoms with van der Waals surface area (Å²) in [5.74, 6) is 0.248. The van der Waals surface area contributed by atoms with E-state index >= 15 is 0 Å². The minimum atomic E-state index is -4.40. The maximum Gasteiger partial charge on any atom is 0.417 e. The van der Waals surface area contributed by atoms with Crippen molar-refractivity contribution in [3.8, 4) is 11.1 Å². The van der Waals surface area contributed by atoms with Crippen molar-refractivity contribution in [1.82, 2.24) is 4.98 Å². The minimum Gasteiger partial charge on any atom is -0.261 e. The van der Waals surface area contributed by atoms with Crippen molar-refractivity contribution in [3.63, 3.8) is 0 Å². The molecule has 26 heavy (non-hydrogen) atoms. The van der Waals surface area contributed by atoms with Gasteiger partial charge in [-0.2, -0.15) is 18.3 Å². The van der Waals surface area contributed by atoms with E-state index in [0.717, 1.165) is 29.0 Å². The van der Waals surface area contributed by atoms with Crippen LogP contribution in [0.5, 0.6) is 0 Å². The predicted molar refractivity (Wildman–Crippen MR) is 97.0 cm³/mol. The van der Waals surface area contributed by atoms with Gasteiger partial charge in [-0.1, -0.05) is 54.6 Å². The lowest BCUT2D eigenvalue weighted by molar-refractivity contribution is -0.137. The van der Waals surface area contributed by atoms with Crippen LogP contribution in [0.15, 0.2) is 78.0 Å². The van der Waals surface area contributed by atoms with Crippen LogP contribution in [0.3, 0.4) is 0 Å². The zero-order chi connectivity index (χ0) is 18.6. The van der Waals surface area contributed by atoms with Crippen molar-refractivity contribution in [2.75, 3.05) is 5.43 Å². The zero-order valence-electron chi connectivity index (χ0n) is 14.0. The fourth-order valence-corrected chi connectivity index (χ4v) is 2.37. The minimum absolute atomic E-state index is 0.248. The Morgan fingerprint density at radius 2 is 1.54 bits per heavy atom. The molecule has 0 amide bonds.